The zero-order valence-corrected chi connectivity index (χ0v) is 11.0. The van der Waals surface area contributed by atoms with Crippen LogP contribution in [0.4, 0.5) is 0 Å². The first-order valence-corrected chi connectivity index (χ1v) is 6.50. The molecule has 14 heavy (non-hydrogen) atoms. The van der Waals surface area contributed by atoms with Crippen LogP contribution in [0.15, 0.2) is 0 Å². The summed E-state index contributed by atoms with van der Waals surface area (Å²) in [4.78, 5) is 7.37. The van der Waals surface area contributed by atoms with Gasteiger partial charge in [-0.1, -0.05) is 15.9 Å². The third-order valence-corrected chi connectivity index (χ3v) is 3.21. The van der Waals surface area contributed by atoms with Gasteiger partial charge >= 0.3 is 0 Å². The molecule has 0 unspecified atom stereocenters. The summed E-state index contributed by atoms with van der Waals surface area (Å²) in [6.07, 6.45) is 0. The Kier molecular flexibility index (Phi) is 6.01. The largest absolute Gasteiger partial charge is 0.304 e. The summed E-state index contributed by atoms with van der Waals surface area (Å²) >= 11 is 3.51. The Labute approximate surface area is 96.2 Å². The van der Waals surface area contributed by atoms with Gasteiger partial charge in [0.25, 0.3) is 0 Å². The number of rotatable bonds is 2. The lowest BCUT2D eigenvalue weighted by Crippen LogP contribution is -2.35. The highest BCUT2D eigenvalue weighted by molar-refractivity contribution is 9.09. The Bertz CT molecular complexity index is 140. The van der Waals surface area contributed by atoms with Crippen LogP contribution in [-0.4, -0.2) is 79.9 Å². The average Bonchev–Trinajstić information content (AvgIpc) is 2.24. The summed E-state index contributed by atoms with van der Waals surface area (Å²) in [5.41, 5.74) is 0. The molecular formula is C10H22BrN3. The highest BCUT2D eigenvalue weighted by atomic mass is 79.9. The van der Waals surface area contributed by atoms with Crippen LogP contribution in [0.25, 0.3) is 0 Å². The molecule has 0 spiro atoms. The third-order valence-electron chi connectivity index (χ3n) is 2.86. The van der Waals surface area contributed by atoms with Crippen molar-refractivity contribution in [1.82, 2.24) is 14.7 Å². The Morgan fingerprint density at radius 2 is 1.29 bits per heavy atom. The Balaban J connectivity index is 2.38. The second-order valence-electron chi connectivity index (χ2n) is 4.14. The average molecular weight is 264 g/mol. The van der Waals surface area contributed by atoms with Crippen molar-refractivity contribution in [2.75, 3.05) is 65.2 Å². The first-order chi connectivity index (χ1) is 6.72. The van der Waals surface area contributed by atoms with E-state index in [0.29, 0.717) is 0 Å². The van der Waals surface area contributed by atoms with Crippen LogP contribution in [-0.2, 0) is 0 Å². The summed E-state index contributed by atoms with van der Waals surface area (Å²) in [5.74, 6) is 0. The van der Waals surface area contributed by atoms with E-state index in [1.807, 2.05) is 0 Å². The lowest BCUT2D eigenvalue weighted by atomic mass is 10.4. The van der Waals surface area contributed by atoms with Gasteiger partial charge in [-0.15, -0.1) is 0 Å². The minimum Gasteiger partial charge on any atom is -0.304 e. The molecule has 0 amide bonds. The van der Waals surface area contributed by atoms with Crippen LogP contribution in [0.1, 0.15) is 0 Å². The molecule has 1 fully saturated rings. The second kappa shape index (κ2) is 6.77. The fraction of sp³-hybridized carbons (Fsp3) is 1.00. The molecule has 1 aliphatic rings. The predicted molar refractivity (Wildman–Crippen MR) is 65.2 cm³/mol. The molecule has 0 aliphatic carbocycles. The molecule has 1 rings (SSSR count). The standard InChI is InChI=1S/C10H22BrN3/c1-12-5-6-13(2)8-10-14(4-3-11)9-7-12/h3-10H2,1-2H3. The van der Waals surface area contributed by atoms with Crippen LogP contribution in [0.3, 0.4) is 0 Å². The molecule has 0 aromatic heterocycles. The Hall–Kier alpha value is 0.360. The van der Waals surface area contributed by atoms with Gasteiger partial charge in [0.2, 0.25) is 0 Å². The smallest absolute Gasteiger partial charge is 0.0159 e. The van der Waals surface area contributed by atoms with E-state index in [1.165, 1.54) is 45.8 Å². The highest BCUT2D eigenvalue weighted by Crippen LogP contribution is 1.97. The van der Waals surface area contributed by atoms with Crippen LogP contribution < -0.4 is 0 Å². The SMILES string of the molecule is CN1CCN(C)CCN(CCBr)CC1. The van der Waals surface area contributed by atoms with E-state index in [1.54, 1.807) is 0 Å². The van der Waals surface area contributed by atoms with Crippen molar-refractivity contribution in [1.29, 1.82) is 0 Å². The second-order valence-corrected chi connectivity index (χ2v) is 4.93. The lowest BCUT2D eigenvalue weighted by Gasteiger charge is -2.22. The van der Waals surface area contributed by atoms with E-state index in [-0.39, 0.29) is 0 Å². The van der Waals surface area contributed by atoms with Crippen molar-refractivity contribution in [2.45, 2.75) is 0 Å². The quantitative estimate of drug-likeness (QED) is 0.675. The fourth-order valence-electron chi connectivity index (χ4n) is 1.64. The van der Waals surface area contributed by atoms with Crippen LogP contribution in [0, 0.1) is 0 Å². The van der Waals surface area contributed by atoms with Gasteiger partial charge in [-0.05, 0) is 14.1 Å². The summed E-state index contributed by atoms with van der Waals surface area (Å²) in [5, 5.41) is 1.08. The fourth-order valence-corrected chi connectivity index (χ4v) is 2.15. The van der Waals surface area contributed by atoms with Crippen molar-refractivity contribution in [2.24, 2.45) is 0 Å². The molecule has 0 aromatic rings. The number of hydrogen-bond acceptors (Lipinski definition) is 3. The van der Waals surface area contributed by atoms with Gasteiger partial charge in [0, 0.05) is 51.1 Å². The minimum atomic E-state index is 1.08. The van der Waals surface area contributed by atoms with Crippen LogP contribution in [0.2, 0.25) is 0 Å². The highest BCUT2D eigenvalue weighted by Gasteiger charge is 2.10. The van der Waals surface area contributed by atoms with Crippen molar-refractivity contribution >= 4 is 15.9 Å². The van der Waals surface area contributed by atoms with Crippen molar-refractivity contribution < 1.29 is 0 Å². The lowest BCUT2D eigenvalue weighted by molar-refractivity contribution is 0.247. The molecule has 1 saturated heterocycles. The molecule has 0 radical (unpaired) electrons. The Morgan fingerprint density at radius 3 is 1.71 bits per heavy atom. The van der Waals surface area contributed by atoms with E-state index in [4.69, 9.17) is 0 Å². The number of nitrogens with zero attached hydrogens (tertiary/aromatic N) is 3. The predicted octanol–water partition coefficient (Wildman–Crippen LogP) is 0.560. The maximum absolute atomic E-state index is 3.51. The summed E-state index contributed by atoms with van der Waals surface area (Å²) in [6.45, 7) is 8.35. The van der Waals surface area contributed by atoms with Gasteiger partial charge < -0.3 is 9.80 Å². The summed E-state index contributed by atoms with van der Waals surface area (Å²) in [7, 11) is 4.43. The molecule has 0 saturated carbocycles. The number of alkyl halides is 1. The first kappa shape index (κ1) is 12.4. The topological polar surface area (TPSA) is 9.72 Å². The van der Waals surface area contributed by atoms with Gasteiger partial charge in [0.1, 0.15) is 0 Å². The van der Waals surface area contributed by atoms with E-state index < -0.39 is 0 Å². The van der Waals surface area contributed by atoms with E-state index >= 15 is 0 Å². The van der Waals surface area contributed by atoms with Gasteiger partial charge in [0.05, 0.1) is 0 Å². The Morgan fingerprint density at radius 1 is 0.857 bits per heavy atom. The number of halogens is 1. The van der Waals surface area contributed by atoms with Gasteiger partial charge in [0.15, 0.2) is 0 Å². The molecule has 0 atom stereocenters. The van der Waals surface area contributed by atoms with Crippen LogP contribution in [0.5, 0.6) is 0 Å². The monoisotopic (exact) mass is 263 g/mol. The van der Waals surface area contributed by atoms with Gasteiger partial charge in [-0.2, -0.15) is 0 Å². The molecule has 0 aromatic carbocycles. The maximum Gasteiger partial charge on any atom is 0.0159 e. The summed E-state index contributed by atoms with van der Waals surface area (Å²) < 4.78 is 0. The maximum atomic E-state index is 3.51. The molecular weight excluding hydrogens is 242 g/mol. The zero-order chi connectivity index (χ0) is 10.4. The molecule has 0 N–H and O–H groups in total. The molecule has 3 nitrogen and oxygen atoms in total. The zero-order valence-electron chi connectivity index (χ0n) is 9.38. The van der Waals surface area contributed by atoms with Gasteiger partial charge in [-0.25, -0.2) is 0 Å². The van der Waals surface area contributed by atoms with Crippen molar-refractivity contribution in [3.63, 3.8) is 0 Å². The minimum absolute atomic E-state index is 1.08. The van der Waals surface area contributed by atoms with Crippen molar-refractivity contribution in [3.05, 3.63) is 0 Å². The number of likely N-dealkylation sites (N-methyl/N-ethyl adjacent to an activating group) is 2. The third kappa shape index (κ3) is 4.73. The molecule has 1 heterocycles. The molecule has 84 valence electrons. The molecule has 4 heteroatoms. The van der Waals surface area contributed by atoms with Gasteiger partial charge in [-0.3, -0.25) is 4.90 Å². The number of hydrogen-bond donors (Lipinski definition) is 0. The van der Waals surface area contributed by atoms with E-state index in [2.05, 4.69) is 44.7 Å². The first-order valence-electron chi connectivity index (χ1n) is 5.38. The van der Waals surface area contributed by atoms with E-state index in [9.17, 15) is 0 Å². The van der Waals surface area contributed by atoms with Crippen LogP contribution >= 0.6 is 15.9 Å². The van der Waals surface area contributed by atoms with Crippen molar-refractivity contribution in [3.8, 4) is 0 Å². The van der Waals surface area contributed by atoms with E-state index in [0.717, 1.165) is 5.33 Å². The molecule has 0 bridgehead atoms. The molecule has 1 aliphatic heterocycles. The summed E-state index contributed by atoms with van der Waals surface area (Å²) in [6, 6.07) is 0. The normalized spacial score (nSPS) is 24.2.